The molecule has 0 aliphatic carbocycles. The van der Waals surface area contributed by atoms with Gasteiger partial charge in [-0.1, -0.05) is 13.8 Å². The van der Waals surface area contributed by atoms with Crippen molar-refractivity contribution in [2.45, 2.75) is 44.6 Å². The minimum atomic E-state index is -3.33. The SMILES string of the molecule is CCS(=O)(=O)c1c(N)nsc1N1CCCC(C)C1C. The Morgan fingerprint density at radius 1 is 1.47 bits per heavy atom. The van der Waals surface area contributed by atoms with E-state index in [1.807, 2.05) is 0 Å². The lowest BCUT2D eigenvalue weighted by atomic mass is 9.92. The van der Waals surface area contributed by atoms with Gasteiger partial charge >= 0.3 is 0 Å². The monoisotopic (exact) mass is 303 g/mol. The number of sulfone groups is 1. The molecule has 2 atom stereocenters. The maximum absolute atomic E-state index is 12.2. The van der Waals surface area contributed by atoms with Crippen LogP contribution in [0.1, 0.15) is 33.6 Å². The van der Waals surface area contributed by atoms with Crippen LogP contribution in [0.5, 0.6) is 0 Å². The molecule has 1 aliphatic rings. The molecule has 2 unspecified atom stereocenters. The fourth-order valence-electron chi connectivity index (χ4n) is 2.53. The van der Waals surface area contributed by atoms with Crippen LogP contribution < -0.4 is 10.6 Å². The molecular formula is C12H21N3O2S2. The zero-order chi connectivity index (χ0) is 14.2. The summed E-state index contributed by atoms with van der Waals surface area (Å²) in [5.74, 6) is 0.752. The van der Waals surface area contributed by atoms with E-state index in [4.69, 9.17) is 5.73 Å². The van der Waals surface area contributed by atoms with Gasteiger partial charge < -0.3 is 10.6 Å². The van der Waals surface area contributed by atoms with Crippen molar-refractivity contribution in [1.29, 1.82) is 0 Å². The number of hydrogen-bond donors (Lipinski definition) is 1. The Hall–Kier alpha value is -0.820. The van der Waals surface area contributed by atoms with E-state index >= 15 is 0 Å². The molecule has 5 nitrogen and oxygen atoms in total. The number of nitrogens with two attached hydrogens (primary N) is 1. The Morgan fingerprint density at radius 3 is 2.79 bits per heavy atom. The summed E-state index contributed by atoms with van der Waals surface area (Å²) in [7, 11) is -3.33. The van der Waals surface area contributed by atoms with E-state index < -0.39 is 9.84 Å². The van der Waals surface area contributed by atoms with Gasteiger partial charge in [-0.05, 0) is 37.2 Å². The molecule has 108 valence electrons. The highest BCUT2D eigenvalue weighted by Gasteiger charge is 2.32. The van der Waals surface area contributed by atoms with Crippen LogP contribution in [-0.4, -0.2) is 31.1 Å². The number of anilines is 2. The molecule has 1 aliphatic heterocycles. The highest BCUT2D eigenvalue weighted by atomic mass is 32.2. The Kier molecular flexibility index (Phi) is 4.06. The second kappa shape index (κ2) is 5.28. The van der Waals surface area contributed by atoms with Gasteiger partial charge in [0.25, 0.3) is 0 Å². The predicted molar refractivity (Wildman–Crippen MR) is 79.5 cm³/mol. The van der Waals surface area contributed by atoms with E-state index in [-0.39, 0.29) is 16.5 Å². The van der Waals surface area contributed by atoms with Crippen LogP contribution in [0.25, 0.3) is 0 Å². The minimum absolute atomic E-state index is 0.0559. The van der Waals surface area contributed by atoms with Gasteiger partial charge in [-0.2, -0.15) is 4.37 Å². The maximum atomic E-state index is 12.2. The summed E-state index contributed by atoms with van der Waals surface area (Å²) in [6.07, 6.45) is 2.26. The lowest BCUT2D eigenvalue weighted by molar-refractivity contribution is 0.364. The highest BCUT2D eigenvalue weighted by molar-refractivity contribution is 7.91. The lowest BCUT2D eigenvalue weighted by Crippen LogP contribution is -2.42. The molecule has 1 aromatic rings. The molecule has 0 aromatic carbocycles. The van der Waals surface area contributed by atoms with Crippen LogP contribution in [0.15, 0.2) is 4.90 Å². The van der Waals surface area contributed by atoms with Gasteiger partial charge in [0.05, 0.1) is 5.75 Å². The van der Waals surface area contributed by atoms with Crippen LogP contribution >= 0.6 is 11.5 Å². The Morgan fingerprint density at radius 2 is 2.16 bits per heavy atom. The van der Waals surface area contributed by atoms with Crippen molar-refractivity contribution in [2.24, 2.45) is 5.92 Å². The first-order valence-corrected chi connectivity index (χ1v) is 9.05. The maximum Gasteiger partial charge on any atom is 0.184 e. The standard InChI is InChI=1S/C12H21N3O2S2/c1-4-19(16,17)10-11(13)14-18-12(10)15-7-5-6-8(2)9(15)3/h8-9H,4-7H2,1-3H3,(H2,13,14). The van der Waals surface area contributed by atoms with Crippen molar-refractivity contribution < 1.29 is 8.42 Å². The highest BCUT2D eigenvalue weighted by Crippen LogP contribution is 2.39. The van der Waals surface area contributed by atoms with Crippen molar-refractivity contribution in [1.82, 2.24) is 4.37 Å². The first kappa shape index (κ1) is 14.6. The van der Waals surface area contributed by atoms with E-state index in [0.29, 0.717) is 12.0 Å². The third-order valence-electron chi connectivity index (χ3n) is 3.98. The van der Waals surface area contributed by atoms with Crippen molar-refractivity contribution in [3.63, 3.8) is 0 Å². The summed E-state index contributed by atoms with van der Waals surface area (Å²) in [4.78, 5) is 2.39. The average molecular weight is 303 g/mol. The fourth-order valence-corrected chi connectivity index (χ4v) is 4.94. The first-order chi connectivity index (χ1) is 8.88. The third-order valence-corrected chi connectivity index (χ3v) is 6.80. The molecular weight excluding hydrogens is 282 g/mol. The largest absolute Gasteiger partial charge is 0.382 e. The molecule has 1 saturated heterocycles. The van der Waals surface area contributed by atoms with Gasteiger partial charge in [-0.15, -0.1) is 0 Å². The second-order valence-electron chi connectivity index (χ2n) is 5.16. The van der Waals surface area contributed by atoms with E-state index in [0.717, 1.165) is 18.0 Å². The first-order valence-electron chi connectivity index (χ1n) is 6.63. The summed E-state index contributed by atoms with van der Waals surface area (Å²) in [5, 5.41) is 0.721. The van der Waals surface area contributed by atoms with Gasteiger partial charge in [0.2, 0.25) is 0 Å². The summed E-state index contributed by atoms with van der Waals surface area (Å²) >= 11 is 1.20. The molecule has 7 heteroatoms. The molecule has 0 spiro atoms. The third kappa shape index (κ3) is 2.58. The van der Waals surface area contributed by atoms with Crippen LogP contribution in [0, 0.1) is 5.92 Å². The zero-order valence-corrected chi connectivity index (χ0v) is 13.2. The van der Waals surface area contributed by atoms with Gasteiger partial charge in [-0.25, -0.2) is 8.42 Å². The van der Waals surface area contributed by atoms with Gasteiger partial charge in [-0.3, -0.25) is 0 Å². The van der Waals surface area contributed by atoms with E-state index in [1.165, 1.54) is 18.0 Å². The van der Waals surface area contributed by atoms with Crippen LogP contribution in [0.2, 0.25) is 0 Å². The second-order valence-corrected chi connectivity index (χ2v) is 8.13. The summed E-state index contributed by atoms with van der Waals surface area (Å²) in [6, 6.07) is 0.319. The number of aromatic nitrogens is 1. The Bertz CT molecular complexity index is 553. The van der Waals surface area contributed by atoms with Crippen molar-refractivity contribution in [2.75, 3.05) is 22.9 Å². The summed E-state index contributed by atoms with van der Waals surface area (Å²) in [6.45, 7) is 6.86. The minimum Gasteiger partial charge on any atom is -0.382 e. The number of piperidine rings is 1. The number of nitrogens with zero attached hydrogens (tertiary/aromatic N) is 2. The van der Waals surface area contributed by atoms with Crippen LogP contribution in [0.3, 0.4) is 0 Å². The van der Waals surface area contributed by atoms with Gasteiger partial charge in [0.1, 0.15) is 9.90 Å². The topological polar surface area (TPSA) is 76.3 Å². The average Bonchev–Trinajstić information content (AvgIpc) is 2.75. The van der Waals surface area contributed by atoms with Gasteiger partial charge in [0.15, 0.2) is 15.7 Å². The van der Waals surface area contributed by atoms with Crippen molar-refractivity contribution in [3.8, 4) is 0 Å². The summed E-state index contributed by atoms with van der Waals surface area (Å²) < 4.78 is 28.5. The fraction of sp³-hybridized carbons (Fsp3) is 0.750. The molecule has 1 aromatic heterocycles. The molecule has 2 rings (SSSR count). The quantitative estimate of drug-likeness (QED) is 0.926. The van der Waals surface area contributed by atoms with Gasteiger partial charge in [0, 0.05) is 12.6 Å². The molecule has 0 saturated carbocycles. The molecule has 0 amide bonds. The van der Waals surface area contributed by atoms with Crippen LogP contribution in [0.4, 0.5) is 10.8 Å². The van der Waals surface area contributed by atoms with E-state index in [1.54, 1.807) is 6.92 Å². The molecule has 2 heterocycles. The molecule has 1 fully saturated rings. The van der Waals surface area contributed by atoms with E-state index in [9.17, 15) is 8.42 Å². The molecule has 0 radical (unpaired) electrons. The number of hydrogen-bond acceptors (Lipinski definition) is 6. The normalized spacial score (nSPS) is 24.7. The van der Waals surface area contributed by atoms with Crippen LogP contribution in [-0.2, 0) is 9.84 Å². The predicted octanol–water partition coefficient (Wildman–Crippen LogP) is 2.14. The number of nitrogen functional groups attached to an aromatic ring is 1. The molecule has 19 heavy (non-hydrogen) atoms. The van der Waals surface area contributed by atoms with Crippen molar-refractivity contribution in [3.05, 3.63) is 0 Å². The van der Waals surface area contributed by atoms with Crippen molar-refractivity contribution >= 4 is 32.2 Å². The Balaban J connectivity index is 2.46. The smallest absolute Gasteiger partial charge is 0.184 e. The zero-order valence-electron chi connectivity index (χ0n) is 11.6. The summed E-state index contributed by atoms with van der Waals surface area (Å²) in [5.41, 5.74) is 5.78. The Labute approximate surface area is 118 Å². The molecule has 0 bridgehead atoms. The molecule has 2 N–H and O–H groups in total. The van der Waals surface area contributed by atoms with E-state index in [2.05, 4.69) is 23.1 Å². The lowest BCUT2D eigenvalue weighted by Gasteiger charge is -2.38. The number of rotatable bonds is 3.